The first-order valence-corrected chi connectivity index (χ1v) is 11.3. The third-order valence-electron chi connectivity index (χ3n) is 5.94. The van der Waals surface area contributed by atoms with Crippen molar-refractivity contribution in [2.75, 3.05) is 26.0 Å². The summed E-state index contributed by atoms with van der Waals surface area (Å²) < 4.78 is 0. The minimum atomic E-state index is -0.0695. The number of carbonyl (C=O) groups excluding carboxylic acids is 2. The molecule has 1 aromatic heterocycles. The summed E-state index contributed by atoms with van der Waals surface area (Å²) in [7, 11) is 3.73. The molecule has 2 aromatic carbocycles. The first-order chi connectivity index (χ1) is 15.9. The Labute approximate surface area is 194 Å². The third-order valence-corrected chi connectivity index (χ3v) is 5.94. The van der Waals surface area contributed by atoms with Crippen LogP contribution in [0.2, 0.25) is 0 Å². The van der Waals surface area contributed by atoms with Gasteiger partial charge in [0.1, 0.15) is 5.82 Å². The average molecular weight is 443 g/mol. The van der Waals surface area contributed by atoms with Crippen molar-refractivity contribution in [3.63, 3.8) is 0 Å². The molecule has 2 heterocycles. The lowest BCUT2D eigenvalue weighted by Gasteiger charge is -2.19. The predicted octanol–water partition coefficient (Wildman–Crippen LogP) is 4.24. The molecule has 2 amide bonds. The van der Waals surface area contributed by atoms with E-state index in [4.69, 9.17) is 0 Å². The van der Waals surface area contributed by atoms with Crippen molar-refractivity contribution in [3.05, 3.63) is 77.0 Å². The van der Waals surface area contributed by atoms with Gasteiger partial charge in [-0.1, -0.05) is 49.7 Å². The zero-order valence-corrected chi connectivity index (χ0v) is 19.5. The van der Waals surface area contributed by atoms with Crippen molar-refractivity contribution in [2.45, 2.75) is 32.9 Å². The maximum Gasteiger partial charge on any atom is 0.246 e. The molecule has 0 unspecified atom stereocenters. The number of anilines is 1. The molecule has 0 bridgehead atoms. The number of nitrogens with one attached hydrogen (secondary N) is 1. The van der Waals surface area contributed by atoms with Gasteiger partial charge in [-0.05, 0) is 53.1 Å². The van der Waals surface area contributed by atoms with E-state index in [0.29, 0.717) is 25.5 Å². The SMILES string of the molecule is CCCc1c(CN(C)C(=O)C=Cc2cnc3c(c2)CN(C)CC(=O)N3)ccc2ccccc12. The number of benzene rings is 2. The molecule has 0 saturated heterocycles. The lowest BCUT2D eigenvalue weighted by atomic mass is 9.95. The van der Waals surface area contributed by atoms with Crippen LogP contribution in [0.4, 0.5) is 5.82 Å². The van der Waals surface area contributed by atoms with Crippen LogP contribution in [0, 0.1) is 0 Å². The smallest absolute Gasteiger partial charge is 0.246 e. The van der Waals surface area contributed by atoms with Crippen LogP contribution >= 0.6 is 0 Å². The van der Waals surface area contributed by atoms with E-state index in [2.05, 4.69) is 53.6 Å². The van der Waals surface area contributed by atoms with Crippen molar-refractivity contribution in [1.82, 2.24) is 14.8 Å². The summed E-state index contributed by atoms with van der Waals surface area (Å²) in [5, 5.41) is 5.33. The van der Waals surface area contributed by atoms with E-state index in [1.54, 1.807) is 23.2 Å². The van der Waals surface area contributed by atoms with Crippen molar-refractivity contribution < 1.29 is 9.59 Å². The van der Waals surface area contributed by atoms with Gasteiger partial charge < -0.3 is 10.2 Å². The van der Waals surface area contributed by atoms with Gasteiger partial charge in [0.05, 0.1) is 6.54 Å². The van der Waals surface area contributed by atoms with Gasteiger partial charge in [0.15, 0.2) is 0 Å². The molecule has 1 aliphatic rings. The van der Waals surface area contributed by atoms with Crippen LogP contribution in [-0.2, 0) is 29.1 Å². The standard InChI is InChI=1S/C27H30N4O2/c1-4-7-23-21(12-11-20-8-5-6-9-24(20)23)17-31(3)26(33)13-10-19-14-22-16-30(2)18-25(32)29-27(22)28-15-19/h5-6,8-15H,4,7,16-18H2,1-3H3,(H,28,29,32). The third kappa shape index (κ3) is 5.29. The quantitative estimate of drug-likeness (QED) is 0.580. The predicted molar refractivity (Wildman–Crippen MR) is 133 cm³/mol. The van der Waals surface area contributed by atoms with Crippen molar-refractivity contribution in [2.24, 2.45) is 0 Å². The van der Waals surface area contributed by atoms with Gasteiger partial charge in [0.25, 0.3) is 0 Å². The second kappa shape index (κ2) is 9.96. The van der Waals surface area contributed by atoms with Gasteiger partial charge in [-0.2, -0.15) is 0 Å². The van der Waals surface area contributed by atoms with E-state index in [-0.39, 0.29) is 11.8 Å². The highest BCUT2D eigenvalue weighted by Gasteiger charge is 2.17. The van der Waals surface area contributed by atoms with Gasteiger partial charge in [-0.15, -0.1) is 0 Å². The fourth-order valence-corrected chi connectivity index (χ4v) is 4.32. The van der Waals surface area contributed by atoms with E-state index in [0.717, 1.165) is 24.0 Å². The summed E-state index contributed by atoms with van der Waals surface area (Å²) in [6, 6.07) is 14.7. The van der Waals surface area contributed by atoms with Gasteiger partial charge in [0, 0.05) is 38.0 Å². The van der Waals surface area contributed by atoms with Crippen LogP contribution in [-0.4, -0.2) is 47.2 Å². The van der Waals surface area contributed by atoms with Crippen LogP contribution in [0.5, 0.6) is 0 Å². The summed E-state index contributed by atoms with van der Waals surface area (Å²) in [4.78, 5) is 32.8. The lowest BCUT2D eigenvalue weighted by Crippen LogP contribution is -2.26. The number of nitrogens with zero attached hydrogens (tertiary/aromatic N) is 3. The molecule has 0 aliphatic carbocycles. The van der Waals surface area contributed by atoms with Crippen LogP contribution in [0.3, 0.4) is 0 Å². The Balaban J connectivity index is 1.49. The molecule has 33 heavy (non-hydrogen) atoms. The second-order valence-corrected chi connectivity index (χ2v) is 8.70. The van der Waals surface area contributed by atoms with E-state index >= 15 is 0 Å². The zero-order chi connectivity index (χ0) is 23.4. The minimum Gasteiger partial charge on any atom is -0.338 e. The Morgan fingerprint density at radius 3 is 2.85 bits per heavy atom. The van der Waals surface area contributed by atoms with Crippen LogP contribution in [0.1, 0.15) is 35.6 Å². The zero-order valence-electron chi connectivity index (χ0n) is 19.5. The highest BCUT2D eigenvalue weighted by Crippen LogP contribution is 2.25. The van der Waals surface area contributed by atoms with Crippen LogP contribution in [0.25, 0.3) is 16.8 Å². The number of hydrogen-bond acceptors (Lipinski definition) is 4. The van der Waals surface area contributed by atoms with E-state index in [1.807, 2.05) is 25.1 Å². The lowest BCUT2D eigenvalue weighted by molar-refractivity contribution is -0.125. The summed E-state index contributed by atoms with van der Waals surface area (Å²) >= 11 is 0. The highest BCUT2D eigenvalue weighted by molar-refractivity contribution is 5.94. The highest BCUT2D eigenvalue weighted by atomic mass is 16.2. The molecule has 0 radical (unpaired) electrons. The normalized spacial score (nSPS) is 14.2. The van der Waals surface area contributed by atoms with Gasteiger partial charge in [-0.3, -0.25) is 14.5 Å². The van der Waals surface area contributed by atoms with Gasteiger partial charge >= 0.3 is 0 Å². The first kappa shape index (κ1) is 22.7. The van der Waals surface area contributed by atoms with E-state index in [9.17, 15) is 9.59 Å². The minimum absolute atomic E-state index is 0.0639. The Bertz CT molecular complexity index is 1220. The largest absolute Gasteiger partial charge is 0.338 e. The fourth-order valence-electron chi connectivity index (χ4n) is 4.32. The Morgan fingerprint density at radius 2 is 2.03 bits per heavy atom. The number of rotatable bonds is 6. The summed E-state index contributed by atoms with van der Waals surface area (Å²) in [6.07, 6.45) is 7.09. The molecule has 3 aromatic rings. The Kier molecular flexibility index (Phi) is 6.84. The van der Waals surface area contributed by atoms with E-state index in [1.165, 1.54) is 21.9 Å². The number of fused-ring (bicyclic) bond motifs is 2. The second-order valence-electron chi connectivity index (χ2n) is 8.70. The molecule has 0 fully saturated rings. The number of aromatic nitrogens is 1. The number of pyridine rings is 1. The molecule has 1 N–H and O–H groups in total. The van der Waals surface area contributed by atoms with Gasteiger partial charge in [-0.25, -0.2) is 4.98 Å². The summed E-state index contributed by atoms with van der Waals surface area (Å²) in [5.74, 6) is 0.454. The maximum absolute atomic E-state index is 12.8. The molecular weight excluding hydrogens is 412 g/mol. The molecule has 0 spiro atoms. The maximum atomic E-state index is 12.8. The molecule has 6 nitrogen and oxygen atoms in total. The van der Waals surface area contributed by atoms with Crippen LogP contribution < -0.4 is 5.32 Å². The average Bonchev–Trinajstić information content (AvgIpc) is 2.94. The number of likely N-dealkylation sites (N-methyl/N-ethyl adjacent to an activating group) is 2. The summed E-state index contributed by atoms with van der Waals surface area (Å²) in [6.45, 7) is 3.70. The number of carbonyl (C=O) groups is 2. The van der Waals surface area contributed by atoms with Crippen molar-refractivity contribution in [3.8, 4) is 0 Å². The molecule has 6 heteroatoms. The fraction of sp³-hybridized carbons (Fsp3) is 0.296. The molecular formula is C27H30N4O2. The van der Waals surface area contributed by atoms with Gasteiger partial charge in [0.2, 0.25) is 11.8 Å². The molecule has 4 rings (SSSR count). The first-order valence-electron chi connectivity index (χ1n) is 11.3. The molecule has 0 atom stereocenters. The number of amides is 2. The summed E-state index contributed by atoms with van der Waals surface area (Å²) in [5.41, 5.74) is 4.27. The van der Waals surface area contributed by atoms with E-state index < -0.39 is 0 Å². The molecule has 1 aliphatic heterocycles. The Hall–Kier alpha value is -3.51. The van der Waals surface area contributed by atoms with Crippen molar-refractivity contribution >= 4 is 34.5 Å². The topological polar surface area (TPSA) is 65.5 Å². The molecule has 170 valence electrons. The number of aryl methyl sites for hydroxylation is 1. The number of hydrogen-bond donors (Lipinski definition) is 1. The monoisotopic (exact) mass is 442 g/mol. The van der Waals surface area contributed by atoms with Crippen molar-refractivity contribution in [1.29, 1.82) is 0 Å². The van der Waals surface area contributed by atoms with Crippen LogP contribution in [0.15, 0.2) is 54.7 Å². The molecule has 0 saturated carbocycles. The Morgan fingerprint density at radius 1 is 1.21 bits per heavy atom.